The van der Waals surface area contributed by atoms with Crippen LogP contribution in [0.5, 0.6) is 0 Å². The molecule has 0 unspecified atom stereocenters. The first kappa shape index (κ1) is 21.2. The molecule has 1 aliphatic heterocycles. The molecule has 0 aromatic heterocycles. The van der Waals surface area contributed by atoms with E-state index in [1.54, 1.807) is 20.8 Å². The van der Waals surface area contributed by atoms with Crippen LogP contribution in [0.4, 0.5) is 0 Å². The maximum absolute atomic E-state index is 12.9. The Balaban J connectivity index is 2.28. The van der Waals surface area contributed by atoms with E-state index in [0.29, 0.717) is 13.1 Å². The third kappa shape index (κ3) is 5.21. The number of halogens is 1. The molecule has 2 amide bonds. The van der Waals surface area contributed by atoms with E-state index in [1.165, 1.54) is 4.90 Å². The fraction of sp³-hybridized carbons (Fsp3) is 0.421. The van der Waals surface area contributed by atoms with Crippen LogP contribution in [-0.2, 0) is 20.9 Å². The number of amides is 2. The molecule has 0 spiro atoms. The maximum Gasteiger partial charge on any atom is 0.323 e. The minimum Gasteiger partial charge on any atom is -0.511 e. The number of aliphatic hydroxyl groups excluding tert-OH is 1. The van der Waals surface area contributed by atoms with Gasteiger partial charge in [-0.05, 0) is 61.1 Å². The highest BCUT2D eigenvalue weighted by molar-refractivity contribution is 14.1. The van der Waals surface area contributed by atoms with Crippen LogP contribution in [0.1, 0.15) is 32.8 Å². The Labute approximate surface area is 171 Å². The molecule has 1 heterocycles. The number of aliphatic hydroxyl groups is 1. The first-order valence-corrected chi connectivity index (χ1v) is 9.58. The number of carbonyl (C=O) groups is 3. The van der Waals surface area contributed by atoms with E-state index in [9.17, 15) is 19.5 Å². The Kier molecular flexibility index (Phi) is 6.50. The molecule has 0 radical (unpaired) electrons. The number of nitrogens with zero attached hydrogens (tertiary/aromatic N) is 2. The van der Waals surface area contributed by atoms with Gasteiger partial charge in [-0.3, -0.25) is 14.4 Å². The Morgan fingerprint density at radius 1 is 1.22 bits per heavy atom. The second-order valence-electron chi connectivity index (χ2n) is 7.38. The van der Waals surface area contributed by atoms with Crippen molar-refractivity contribution in [2.24, 2.45) is 0 Å². The van der Waals surface area contributed by atoms with Crippen molar-refractivity contribution < 1.29 is 24.6 Å². The molecule has 146 valence electrons. The number of carboxylic acids is 1. The first-order chi connectivity index (χ1) is 12.5. The summed E-state index contributed by atoms with van der Waals surface area (Å²) in [6.07, 6.45) is 0.155. The van der Waals surface area contributed by atoms with E-state index in [4.69, 9.17) is 5.11 Å². The van der Waals surface area contributed by atoms with Crippen molar-refractivity contribution in [2.45, 2.75) is 39.3 Å². The molecular formula is C19H23IN2O5. The van der Waals surface area contributed by atoms with E-state index in [1.807, 2.05) is 24.3 Å². The van der Waals surface area contributed by atoms with Crippen molar-refractivity contribution in [3.8, 4) is 0 Å². The highest BCUT2D eigenvalue weighted by Gasteiger charge is 2.38. The summed E-state index contributed by atoms with van der Waals surface area (Å²) < 4.78 is 1.07. The van der Waals surface area contributed by atoms with E-state index in [0.717, 1.165) is 14.0 Å². The summed E-state index contributed by atoms with van der Waals surface area (Å²) in [4.78, 5) is 39.6. The van der Waals surface area contributed by atoms with Gasteiger partial charge in [0.15, 0.2) is 0 Å². The van der Waals surface area contributed by atoms with Gasteiger partial charge in [-0.15, -0.1) is 0 Å². The number of benzene rings is 1. The van der Waals surface area contributed by atoms with Gasteiger partial charge >= 0.3 is 5.97 Å². The highest BCUT2D eigenvalue weighted by Crippen LogP contribution is 2.25. The number of aliphatic carboxylic acids is 1. The molecule has 7 nitrogen and oxygen atoms in total. The molecule has 2 N–H and O–H groups in total. The second kappa shape index (κ2) is 8.28. The molecule has 0 saturated heterocycles. The van der Waals surface area contributed by atoms with Crippen LogP contribution >= 0.6 is 22.6 Å². The monoisotopic (exact) mass is 486 g/mol. The smallest absolute Gasteiger partial charge is 0.323 e. The molecule has 1 aliphatic rings. The van der Waals surface area contributed by atoms with Crippen molar-refractivity contribution in [1.82, 2.24) is 9.80 Å². The summed E-state index contributed by atoms with van der Waals surface area (Å²) in [6, 6.07) is 7.66. The lowest BCUT2D eigenvalue weighted by molar-refractivity contribution is -0.148. The van der Waals surface area contributed by atoms with Crippen LogP contribution in [-0.4, -0.2) is 56.4 Å². The molecule has 1 aromatic carbocycles. The van der Waals surface area contributed by atoms with Crippen molar-refractivity contribution in [1.29, 1.82) is 0 Å². The summed E-state index contributed by atoms with van der Waals surface area (Å²) in [5.74, 6) is -2.82. The fourth-order valence-electron chi connectivity index (χ4n) is 2.81. The fourth-order valence-corrected chi connectivity index (χ4v) is 3.17. The summed E-state index contributed by atoms with van der Waals surface area (Å²) in [6.45, 7) is 5.10. The third-order valence-corrected chi connectivity index (χ3v) is 4.98. The standard InChI is InChI=1S/C19H23IN2O5/c1-19(2,3)22(11-15(24)25)18(27)16-14(23)8-9-21(17(16)26)10-12-4-6-13(20)7-5-12/h4-7,23H,8-11H2,1-3H3,(H,24,25). The van der Waals surface area contributed by atoms with E-state index in [-0.39, 0.29) is 17.8 Å². The molecule has 8 heteroatoms. The molecule has 0 bridgehead atoms. The zero-order valence-corrected chi connectivity index (χ0v) is 17.7. The molecule has 0 aliphatic carbocycles. The minimum atomic E-state index is -1.18. The molecule has 0 saturated carbocycles. The van der Waals surface area contributed by atoms with Crippen molar-refractivity contribution in [3.63, 3.8) is 0 Å². The molecule has 2 rings (SSSR count). The van der Waals surface area contributed by atoms with Crippen LogP contribution in [0, 0.1) is 3.57 Å². The van der Waals surface area contributed by atoms with Gasteiger partial charge in [0.2, 0.25) is 0 Å². The Hall–Kier alpha value is -2.10. The van der Waals surface area contributed by atoms with Gasteiger partial charge < -0.3 is 20.0 Å². The molecule has 1 aromatic rings. The van der Waals surface area contributed by atoms with Crippen molar-refractivity contribution >= 4 is 40.4 Å². The average molecular weight is 486 g/mol. The lowest BCUT2D eigenvalue weighted by Crippen LogP contribution is -2.52. The van der Waals surface area contributed by atoms with Gasteiger partial charge in [-0.1, -0.05) is 12.1 Å². The predicted molar refractivity (Wildman–Crippen MR) is 108 cm³/mol. The van der Waals surface area contributed by atoms with E-state index < -0.39 is 29.9 Å². The SMILES string of the molecule is CC(C)(C)N(CC(=O)O)C(=O)C1=C(O)CCN(Cc2ccc(I)cc2)C1=O. The number of carboxylic acid groups (broad SMARTS) is 1. The zero-order valence-electron chi connectivity index (χ0n) is 15.5. The third-order valence-electron chi connectivity index (χ3n) is 4.26. The molecule has 27 heavy (non-hydrogen) atoms. The summed E-state index contributed by atoms with van der Waals surface area (Å²) in [5.41, 5.74) is -0.250. The lowest BCUT2D eigenvalue weighted by atomic mass is 10.00. The summed E-state index contributed by atoms with van der Waals surface area (Å²) in [7, 11) is 0. The normalized spacial score (nSPS) is 15.1. The topological polar surface area (TPSA) is 98.2 Å². The van der Waals surface area contributed by atoms with Gasteiger partial charge in [0, 0.05) is 28.6 Å². The number of hydrogen-bond acceptors (Lipinski definition) is 4. The Bertz CT molecular complexity index is 780. The minimum absolute atomic E-state index is 0.155. The largest absolute Gasteiger partial charge is 0.511 e. The Morgan fingerprint density at radius 2 is 1.81 bits per heavy atom. The molecule has 0 fully saturated rings. The average Bonchev–Trinajstić information content (AvgIpc) is 2.56. The number of carbonyl (C=O) groups excluding carboxylic acids is 2. The quantitative estimate of drug-likeness (QED) is 0.493. The van der Waals surface area contributed by atoms with Gasteiger partial charge in [-0.25, -0.2) is 0 Å². The van der Waals surface area contributed by atoms with Gasteiger partial charge in [0.1, 0.15) is 17.9 Å². The van der Waals surface area contributed by atoms with Gasteiger partial charge in [-0.2, -0.15) is 0 Å². The van der Waals surface area contributed by atoms with E-state index in [2.05, 4.69) is 22.6 Å². The van der Waals surface area contributed by atoms with Crippen LogP contribution < -0.4 is 0 Å². The van der Waals surface area contributed by atoms with E-state index >= 15 is 0 Å². The van der Waals surface area contributed by atoms with Gasteiger partial charge in [0.25, 0.3) is 11.8 Å². The first-order valence-electron chi connectivity index (χ1n) is 8.50. The van der Waals surface area contributed by atoms with Crippen LogP contribution in [0.3, 0.4) is 0 Å². The van der Waals surface area contributed by atoms with Crippen LogP contribution in [0.15, 0.2) is 35.6 Å². The second-order valence-corrected chi connectivity index (χ2v) is 8.63. The van der Waals surface area contributed by atoms with Crippen LogP contribution in [0.2, 0.25) is 0 Å². The predicted octanol–water partition coefficient (Wildman–Crippen LogP) is 2.55. The summed E-state index contributed by atoms with van der Waals surface area (Å²) >= 11 is 2.19. The number of rotatable bonds is 5. The van der Waals surface area contributed by atoms with Crippen molar-refractivity contribution in [3.05, 3.63) is 44.7 Å². The number of hydrogen-bond donors (Lipinski definition) is 2. The molecular weight excluding hydrogens is 463 g/mol. The molecule has 0 atom stereocenters. The Morgan fingerprint density at radius 3 is 2.33 bits per heavy atom. The zero-order chi connectivity index (χ0) is 20.4. The van der Waals surface area contributed by atoms with Crippen molar-refractivity contribution in [2.75, 3.05) is 13.1 Å². The highest BCUT2D eigenvalue weighted by atomic mass is 127. The van der Waals surface area contributed by atoms with Crippen LogP contribution in [0.25, 0.3) is 0 Å². The summed E-state index contributed by atoms with van der Waals surface area (Å²) in [5, 5.41) is 19.3. The maximum atomic E-state index is 12.9. The lowest BCUT2D eigenvalue weighted by Gasteiger charge is -2.37. The van der Waals surface area contributed by atoms with Gasteiger partial charge in [0.05, 0.1) is 0 Å².